The minimum Gasteiger partial charge on any atom is -0.507 e. The van der Waals surface area contributed by atoms with Gasteiger partial charge in [0.25, 0.3) is 0 Å². The van der Waals surface area contributed by atoms with E-state index in [-0.39, 0.29) is 23.1 Å². The molecule has 0 aliphatic heterocycles. The molecule has 8 nitrogen and oxygen atoms in total. The van der Waals surface area contributed by atoms with Gasteiger partial charge >= 0.3 is 5.97 Å². The van der Waals surface area contributed by atoms with Crippen molar-refractivity contribution in [1.29, 1.82) is 0 Å². The number of hydrogen-bond acceptors (Lipinski definition) is 5. The van der Waals surface area contributed by atoms with Gasteiger partial charge in [0.1, 0.15) is 23.5 Å². The highest BCUT2D eigenvalue weighted by molar-refractivity contribution is 5.99. The molecule has 2 atom stereocenters. The number of amides is 2. The minimum atomic E-state index is -1.31. The molecule has 0 heterocycles. The van der Waals surface area contributed by atoms with E-state index in [1.807, 2.05) is 26.8 Å². The fraction of sp³-hybridized carbons (Fsp3) is 0.457. The number of aromatic hydroxyl groups is 1. The number of aromatic carboxylic acids is 1. The van der Waals surface area contributed by atoms with Crippen LogP contribution in [0.3, 0.4) is 0 Å². The van der Waals surface area contributed by atoms with Crippen LogP contribution in [0.5, 0.6) is 5.75 Å². The predicted octanol–water partition coefficient (Wildman–Crippen LogP) is 7.50. The number of anilines is 1. The summed E-state index contributed by atoms with van der Waals surface area (Å²) in [5.41, 5.74) is -0.113. The van der Waals surface area contributed by atoms with Crippen LogP contribution >= 0.6 is 0 Å². The molecule has 2 amide bonds. The molecule has 43 heavy (non-hydrogen) atoms. The molecule has 0 fully saturated rings. The van der Waals surface area contributed by atoms with E-state index in [2.05, 4.69) is 72.2 Å². The zero-order valence-corrected chi connectivity index (χ0v) is 26.1. The standard InChI is InChI=1S/C35H50N2O6/c1-5-7-8-9-10-11-12-13-14-15-16-17-18-19-20-21-24-43-32(6-2)34(40)37-30(25-27(3)4)33(39)36-28-22-23-31(38)29(26-28)35(41)42/h7-8,10-11,13-14,16-17,19-20,22-23,26-27,30,32,38H,5-6,9,12,15,18,21,24-25H2,1-4H3,(H,36,39)(H,37,40)(H,41,42). The highest BCUT2D eigenvalue weighted by atomic mass is 16.5. The van der Waals surface area contributed by atoms with E-state index in [1.165, 1.54) is 18.2 Å². The Labute approximate surface area is 257 Å². The Bertz CT molecular complexity index is 1130. The molecule has 0 spiro atoms. The highest BCUT2D eigenvalue weighted by Gasteiger charge is 2.26. The van der Waals surface area contributed by atoms with Gasteiger partial charge < -0.3 is 25.6 Å². The lowest BCUT2D eigenvalue weighted by Crippen LogP contribution is -2.48. The van der Waals surface area contributed by atoms with Crippen molar-refractivity contribution < 1.29 is 29.3 Å². The van der Waals surface area contributed by atoms with E-state index < -0.39 is 29.8 Å². The van der Waals surface area contributed by atoms with Crippen LogP contribution in [0.2, 0.25) is 0 Å². The lowest BCUT2D eigenvalue weighted by atomic mass is 10.0. The van der Waals surface area contributed by atoms with Crippen LogP contribution in [-0.2, 0) is 14.3 Å². The molecule has 8 heteroatoms. The topological polar surface area (TPSA) is 125 Å². The van der Waals surface area contributed by atoms with E-state index in [1.54, 1.807) is 0 Å². The molecule has 0 aromatic heterocycles. The second-order valence-electron chi connectivity index (χ2n) is 10.5. The number of carbonyl (C=O) groups excluding carboxylic acids is 2. The molecule has 0 saturated carbocycles. The fourth-order valence-corrected chi connectivity index (χ4v) is 4.01. The van der Waals surface area contributed by atoms with E-state index in [0.29, 0.717) is 25.9 Å². The van der Waals surface area contributed by atoms with Crippen LogP contribution < -0.4 is 10.6 Å². The first-order valence-corrected chi connectivity index (χ1v) is 15.2. The summed E-state index contributed by atoms with van der Waals surface area (Å²) in [6.07, 6.45) is 27.0. The van der Waals surface area contributed by atoms with Crippen molar-refractivity contribution in [3.63, 3.8) is 0 Å². The molecule has 236 valence electrons. The van der Waals surface area contributed by atoms with Crippen LogP contribution in [0, 0.1) is 5.92 Å². The Morgan fingerprint density at radius 1 is 0.837 bits per heavy atom. The Hall–Kier alpha value is -3.91. The van der Waals surface area contributed by atoms with Crippen LogP contribution in [0.15, 0.2) is 79.0 Å². The quantitative estimate of drug-likeness (QED) is 0.0664. The Balaban J connectivity index is 2.46. The molecule has 1 rings (SSSR count). The lowest BCUT2D eigenvalue weighted by molar-refractivity contribution is -0.136. The Kier molecular flexibility index (Phi) is 19.6. The van der Waals surface area contributed by atoms with Crippen LogP contribution in [-0.4, -0.2) is 46.7 Å². The number of carboxylic acid groups (broad SMARTS) is 1. The van der Waals surface area contributed by atoms with Crippen molar-refractivity contribution in [1.82, 2.24) is 5.32 Å². The molecule has 2 unspecified atom stereocenters. The number of rotatable bonds is 21. The second-order valence-corrected chi connectivity index (χ2v) is 10.5. The largest absolute Gasteiger partial charge is 0.507 e. The first-order valence-electron chi connectivity index (χ1n) is 15.2. The van der Waals surface area contributed by atoms with Crippen molar-refractivity contribution in [3.8, 4) is 5.75 Å². The summed E-state index contributed by atoms with van der Waals surface area (Å²) in [4.78, 5) is 37.2. The SMILES string of the molecule is CCC=CCC=CCC=CCC=CCC=CCCOC(CC)C(=O)NC(CC(C)C)C(=O)Nc1ccc(O)c(C(=O)O)c1. The normalized spacial score (nSPS) is 13.6. The average Bonchev–Trinajstić information content (AvgIpc) is 2.96. The van der Waals surface area contributed by atoms with Crippen molar-refractivity contribution in [2.45, 2.75) is 91.2 Å². The number of carboxylic acids is 1. The summed E-state index contributed by atoms with van der Waals surface area (Å²) in [5.74, 6) is -2.44. The summed E-state index contributed by atoms with van der Waals surface area (Å²) < 4.78 is 5.81. The third kappa shape index (κ3) is 17.0. The zero-order valence-electron chi connectivity index (χ0n) is 26.1. The number of ether oxygens (including phenoxy) is 1. The predicted molar refractivity (Wildman–Crippen MR) is 174 cm³/mol. The van der Waals surface area contributed by atoms with Crippen LogP contribution in [0.1, 0.15) is 89.4 Å². The first-order chi connectivity index (χ1) is 20.7. The molecule has 0 bridgehead atoms. The number of phenols is 1. The first kappa shape index (κ1) is 37.1. The third-order valence-corrected chi connectivity index (χ3v) is 6.26. The average molecular weight is 595 g/mol. The van der Waals surface area contributed by atoms with E-state index in [0.717, 1.165) is 32.1 Å². The number of allylic oxidation sites excluding steroid dienone is 9. The molecule has 1 aromatic rings. The molecule has 0 radical (unpaired) electrons. The van der Waals surface area contributed by atoms with Gasteiger partial charge in [-0.3, -0.25) is 9.59 Å². The zero-order chi connectivity index (χ0) is 31.9. The summed E-state index contributed by atoms with van der Waals surface area (Å²) in [5, 5.41) is 24.4. The molecule has 4 N–H and O–H groups in total. The maximum absolute atomic E-state index is 13.0. The van der Waals surface area contributed by atoms with Crippen molar-refractivity contribution >= 4 is 23.5 Å². The smallest absolute Gasteiger partial charge is 0.339 e. The number of hydrogen-bond donors (Lipinski definition) is 4. The monoisotopic (exact) mass is 594 g/mol. The Morgan fingerprint density at radius 3 is 1.91 bits per heavy atom. The molecular weight excluding hydrogens is 544 g/mol. The third-order valence-electron chi connectivity index (χ3n) is 6.26. The van der Waals surface area contributed by atoms with Crippen molar-refractivity contribution in [2.24, 2.45) is 5.92 Å². The van der Waals surface area contributed by atoms with E-state index in [9.17, 15) is 24.6 Å². The van der Waals surface area contributed by atoms with E-state index >= 15 is 0 Å². The minimum absolute atomic E-state index is 0.113. The second kappa shape index (κ2) is 22.7. The summed E-state index contributed by atoms with van der Waals surface area (Å²) in [7, 11) is 0. The number of nitrogens with one attached hydrogen (secondary N) is 2. The van der Waals surface area contributed by atoms with Crippen LogP contribution in [0.25, 0.3) is 0 Å². The van der Waals surface area contributed by atoms with Gasteiger partial charge in [-0.25, -0.2) is 4.79 Å². The van der Waals surface area contributed by atoms with Gasteiger partial charge in [0.15, 0.2) is 0 Å². The maximum atomic E-state index is 13.0. The molecular formula is C35H50N2O6. The van der Waals surface area contributed by atoms with Gasteiger partial charge in [-0.2, -0.15) is 0 Å². The van der Waals surface area contributed by atoms with Gasteiger partial charge in [-0.05, 0) is 75.5 Å². The maximum Gasteiger partial charge on any atom is 0.339 e. The summed E-state index contributed by atoms with van der Waals surface area (Å²) >= 11 is 0. The van der Waals surface area contributed by atoms with Gasteiger partial charge in [0, 0.05) is 5.69 Å². The van der Waals surface area contributed by atoms with Gasteiger partial charge in [-0.15, -0.1) is 0 Å². The highest BCUT2D eigenvalue weighted by Crippen LogP contribution is 2.22. The summed E-state index contributed by atoms with van der Waals surface area (Å²) in [6, 6.07) is 2.95. The number of benzene rings is 1. The van der Waals surface area contributed by atoms with Gasteiger partial charge in [0.05, 0.1) is 6.61 Å². The van der Waals surface area contributed by atoms with Crippen molar-refractivity contribution in [3.05, 3.63) is 84.5 Å². The molecule has 0 aliphatic carbocycles. The van der Waals surface area contributed by atoms with Crippen LogP contribution in [0.4, 0.5) is 5.69 Å². The van der Waals surface area contributed by atoms with Crippen molar-refractivity contribution in [2.75, 3.05) is 11.9 Å². The Morgan fingerprint density at radius 2 is 1.40 bits per heavy atom. The fourth-order valence-electron chi connectivity index (χ4n) is 4.01. The molecule has 0 saturated heterocycles. The van der Waals surface area contributed by atoms with E-state index in [4.69, 9.17) is 4.74 Å². The molecule has 0 aliphatic rings. The van der Waals surface area contributed by atoms with Gasteiger partial charge in [0.2, 0.25) is 11.8 Å². The molecule has 1 aromatic carbocycles. The van der Waals surface area contributed by atoms with Gasteiger partial charge in [-0.1, -0.05) is 88.5 Å². The number of carbonyl (C=O) groups is 3. The lowest BCUT2D eigenvalue weighted by Gasteiger charge is -2.23. The summed E-state index contributed by atoms with van der Waals surface area (Å²) in [6.45, 7) is 8.24.